The lowest BCUT2D eigenvalue weighted by Crippen LogP contribution is -2.23. The molecule has 3 aromatic rings. The fourth-order valence-corrected chi connectivity index (χ4v) is 5.70. The average Bonchev–Trinajstić information content (AvgIpc) is 2.76. The number of sulfone groups is 1. The molecule has 0 heterocycles. The molecule has 0 fully saturated rings. The van der Waals surface area contributed by atoms with Crippen molar-refractivity contribution < 1.29 is 21.6 Å². The fraction of sp³-hybridized carbons (Fsp3) is 0.0435. The van der Waals surface area contributed by atoms with Gasteiger partial charge in [-0.2, -0.15) is 12.8 Å². The molecule has 4 rings (SSSR count). The molecule has 0 aliphatic heterocycles. The number of nitrogens with zero attached hydrogens (tertiary/aromatic N) is 1. The Morgan fingerprint density at radius 1 is 0.750 bits per heavy atom. The number of sulfonamides is 1. The summed E-state index contributed by atoms with van der Waals surface area (Å²) in [7, 11) is -8.41. The molecule has 0 saturated heterocycles. The molecule has 6 nitrogen and oxygen atoms in total. The third kappa shape index (κ3) is 4.04. The number of allylic oxidation sites excluding steroid dienone is 2. The second kappa shape index (κ2) is 8.12. The van der Waals surface area contributed by atoms with Crippen molar-refractivity contribution in [3.05, 3.63) is 105 Å². The van der Waals surface area contributed by atoms with E-state index in [9.17, 15) is 21.6 Å². The SMILES string of the molecule is Cc1ccc(S(=O)(=O)C2=CC(=NS(=O)(=O)c3ccc(Cl)cc3)c3ccccc3C2=O)cc1. The molecule has 0 aromatic heterocycles. The van der Waals surface area contributed by atoms with Gasteiger partial charge in [-0.05, 0) is 49.4 Å². The summed E-state index contributed by atoms with van der Waals surface area (Å²) in [5.74, 6) is -0.719. The van der Waals surface area contributed by atoms with Crippen LogP contribution in [0.25, 0.3) is 0 Å². The maximum absolute atomic E-state index is 13.2. The minimum atomic E-state index is -4.21. The van der Waals surface area contributed by atoms with Crippen molar-refractivity contribution in [2.75, 3.05) is 0 Å². The van der Waals surface area contributed by atoms with Crippen molar-refractivity contribution >= 4 is 43.0 Å². The van der Waals surface area contributed by atoms with Gasteiger partial charge in [0, 0.05) is 16.1 Å². The van der Waals surface area contributed by atoms with E-state index in [1.807, 2.05) is 6.92 Å². The van der Waals surface area contributed by atoms with Crippen LogP contribution in [0.2, 0.25) is 5.02 Å². The van der Waals surface area contributed by atoms with Crippen LogP contribution >= 0.6 is 11.6 Å². The molecule has 3 aromatic carbocycles. The summed E-state index contributed by atoms with van der Waals surface area (Å²) in [6, 6.07) is 17.6. The van der Waals surface area contributed by atoms with Crippen molar-refractivity contribution in [2.24, 2.45) is 4.40 Å². The number of hydrogen-bond donors (Lipinski definition) is 0. The fourth-order valence-electron chi connectivity index (χ4n) is 3.21. The molecule has 0 atom stereocenters. The molecule has 1 aliphatic carbocycles. The largest absolute Gasteiger partial charge is 0.288 e. The highest BCUT2D eigenvalue weighted by atomic mass is 35.5. The summed E-state index contributed by atoms with van der Waals surface area (Å²) >= 11 is 5.83. The van der Waals surface area contributed by atoms with Crippen LogP contribution in [0.5, 0.6) is 0 Å². The number of rotatable bonds is 4. The maximum Gasteiger partial charge on any atom is 0.282 e. The predicted molar refractivity (Wildman–Crippen MR) is 122 cm³/mol. The highest BCUT2D eigenvalue weighted by molar-refractivity contribution is 7.96. The van der Waals surface area contributed by atoms with Gasteiger partial charge in [0.25, 0.3) is 10.0 Å². The molecular weight excluding hydrogens is 470 g/mol. The predicted octanol–water partition coefficient (Wildman–Crippen LogP) is 4.38. The number of carbonyl (C=O) groups excluding carboxylic acids is 1. The van der Waals surface area contributed by atoms with Crippen molar-refractivity contribution in [3.8, 4) is 0 Å². The topological polar surface area (TPSA) is 97.7 Å². The summed E-state index contributed by atoms with van der Waals surface area (Å²) in [5.41, 5.74) is 1.01. The normalized spacial score (nSPS) is 15.4. The standard InChI is InChI=1S/C23H16ClNO5S2/c1-15-6-10-17(11-7-15)31(27,28)22-14-21(19-4-2-3-5-20(19)23(22)26)25-32(29,30)18-12-8-16(24)9-13-18/h2-14H,1H3. The minimum Gasteiger partial charge on any atom is -0.288 e. The quantitative estimate of drug-likeness (QED) is 0.546. The van der Waals surface area contributed by atoms with Crippen molar-refractivity contribution in [3.63, 3.8) is 0 Å². The van der Waals surface area contributed by atoms with Gasteiger partial charge in [-0.25, -0.2) is 8.42 Å². The zero-order valence-corrected chi connectivity index (χ0v) is 19.1. The first-order valence-electron chi connectivity index (χ1n) is 9.38. The molecule has 0 radical (unpaired) electrons. The van der Waals surface area contributed by atoms with Crippen LogP contribution in [0.15, 0.2) is 98.0 Å². The Hall–Kier alpha value is -3.07. The van der Waals surface area contributed by atoms with Gasteiger partial charge < -0.3 is 0 Å². The smallest absolute Gasteiger partial charge is 0.282 e. The highest BCUT2D eigenvalue weighted by Gasteiger charge is 2.34. The zero-order valence-electron chi connectivity index (χ0n) is 16.7. The van der Waals surface area contributed by atoms with Gasteiger partial charge >= 0.3 is 0 Å². The highest BCUT2D eigenvalue weighted by Crippen LogP contribution is 2.30. The Morgan fingerprint density at radius 3 is 1.94 bits per heavy atom. The Kier molecular flexibility index (Phi) is 5.62. The van der Waals surface area contributed by atoms with Crippen molar-refractivity contribution in [1.82, 2.24) is 0 Å². The van der Waals surface area contributed by atoms with E-state index in [0.717, 1.165) is 11.6 Å². The summed E-state index contributed by atoms with van der Waals surface area (Å²) in [5, 5.41) is 0.358. The first-order valence-corrected chi connectivity index (χ1v) is 12.7. The van der Waals surface area contributed by atoms with E-state index in [1.54, 1.807) is 24.3 Å². The second-order valence-electron chi connectivity index (χ2n) is 7.11. The lowest BCUT2D eigenvalue weighted by atomic mass is 9.94. The molecule has 0 unspecified atom stereocenters. The number of Topliss-reactive ketones (excluding diaryl/α,β-unsaturated/α-hetero) is 1. The van der Waals surface area contributed by atoms with E-state index >= 15 is 0 Å². The maximum atomic E-state index is 13.2. The van der Waals surface area contributed by atoms with E-state index in [0.29, 0.717) is 5.02 Å². The number of fused-ring (bicyclic) bond motifs is 1. The lowest BCUT2D eigenvalue weighted by molar-refractivity contribution is 0.104. The molecule has 9 heteroatoms. The Morgan fingerprint density at radius 2 is 1.31 bits per heavy atom. The van der Waals surface area contributed by atoms with Gasteiger partial charge in [0.1, 0.15) is 4.91 Å². The Bertz CT molecular complexity index is 1500. The van der Waals surface area contributed by atoms with Crippen LogP contribution < -0.4 is 0 Å². The lowest BCUT2D eigenvalue weighted by Gasteiger charge is -2.18. The molecule has 0 saturated carbocycles. The molecular formula is C23H16ClNO5S2. The van der Waals surface area contributed by atoms with Crippen LogP contribution in [-0.2, 0) is 19.9 Å². The second-order valence-corrected chi connectivity index (χ2v) is 11.1. The third-order valence-corrected chi connectivity index (χ3v) is 8.22. The van der Waals surface area contributed by atoms with Gasteiger partial charge in [0.2, 0.25) is 15.6 Å². The van der Waals surface area contributed by atoms with Gasteiger partial charge in [0.05, 0.1) is 15.5 Å². The molecule has 162 valence electrons. The molecule has 0 amide bonds. The average molecular weight is 486 g/mol. The Balaban J connectivity index is 1.92. The third-order valence-electron chi connectivity index (χ3n) is 4.89. The first kappa shape index (κ1) is 22.1. The molecule has 0 spiro atoms. The summed E-state index contributed by atoms with van der Waals surface area (Å²) < 4.78 is 56.1. The van der Waals surface area contributed by atoms with Crippen molar-refractivity contribution in [2.45, 2.75) is 16.7 Å². The van der Waals surface area contributed by atoms with E-state index in [4.69, 9.17) is 11.6 Å². The molecule has 0 N–H and O–H groups in total. The number of benzene rings is 3. The van der Waals surface area contributed by atoms with Gasteiger partial charge in [-0.1, -0.05) is 53.6 Å². The van der Waals surface area contributed by atoms with Crippen LogP contribution in [0.1, 0.15) is 21.5 Å². The molecule has 1 aliphatic rings. The number of halogens is 1. The zero-order chi connectivity index (χ0) is 23.1. The van der Waals surface area contributed by atoms with Gasteiger partial charge in [0.15, 0.2) is 0 Å². The summed E-state index contributed by atoms with van der Waals surface area (Å²) in [6.45, 7) is 1.81. The van der Waals surface area contributed by atoms with Crippen LogP contribution in [0.4, 0.5) is 0 Å². The Labute approximate surface area is 190 Å². The van der Waals surface area contributed by atoms with Crippen LogP contribution in [0.3, 0.4) is 0 Å². The van der Waals surface area contributed by atoms with Crippen molar-refractivity contribution in [1.29, 1.82) is 0 Å². The van der Waals surface area contributed by atoms with E-state index in [2.05, 4.69) is 4.40 Å². The molecule has 0 bridgehead atoms. The minimum absolute atomic E-state index is 0.0609. The van der Waals surface area contributed by atoms with Crippen LogP contribution in [-0.4, -0.2) is 28.3 Å². The molecule has 32 heavy (non-hydrogen) atoms. The number of hydrogen-bond acceptors (Lipinski definition) is 5. The van der Waals surface area contributed by atoms with Gasteiger partial charge in [-0.15, -0.1) is 0 Å². The van der Waals surface area contributed by atoms with E-state index in [1.165, 1.54) is 48.5 Å². The first-order chi connectivity index (χ1) is 15.1. The number of carbonyl (C=O) groups is 1. The monoisotopic (exact) mass is 485 g/mol. The van der Waals surface area contributed by atoms with E-state index in [-0.39, 0.29) is 26.6 Å². The van der Waals surface area contributed by atoms with Gasteiger partial charge in [-0.3, -0.25) is 4.79 Å². The number of aryl methyl sites for hydroxylation is 1. The number of ketones is 1. The summed E-state index contributed by atoms with van der Waals surface area (Å²) in [4.78, 5) is 12.3. The van der Waals surface area contributed by atoms with Crippen LogP contribution in [0, 0.1) is 6.92 Å². The van der Waals surface area contributed by atoms with E-state index < -0.39 is 30.5 Å². The summed E-state index contributed by atoms with van der Waals surface area (Å²) in [6.07, 6.45) is 1.02.